The summed E-state index contributed by atoms with van der Waals surface area (Å²) in [6, 6.07) is 0.870. The van der Waals surface area contributed by atoms with Crippen molar-refractivity contribution in [2.24, 2.45) is 5.92 Å². The molecule has 0 aliphatic carbocycles. The molecule has 0 aromatic rings. The van der Waals surface area contributed by atoms with Gasteiger partial charge in [0.1, 0.15) is 0 Å². The fourth-order valence-corrected chi connectivity index (χ4v) is 3.70. The Hall–Kier alpha value is 0.270. The standard InChI is InChI=1S/C11H22N2S/c1-13(11-4-7-14-9-11)6-3-10-2-5-12-8-10/h10-12H,2-9H2,1H3. The zero-order chi connectivity index (χ0) is 9.80. The van der Waals surface area contributed by atoms with E-state index in [9.17, 15) is 0 Å². The molecule has 2 saturated heterocycles. The van der Waals surface area contributed by atoms with Gasteiger partial charge in [-0.3, -0.25) is 0 Å². The number of rotatable bonds is 4. The second-order valence-electron chi connectivity index (χ2n) is 4.65. The maximum absolute atomic E-state index is 3.44. The lowest BCUT2D eigenvalue weighted by atomic mass is 10.0. The second kappa shape index (κ2) is 5.38. The molecule has 0 saturated carbocycles. The summed E-state index contributed by atoms with van der Waals surface area (Å²) in [5, 5.41) is 3.44. The van der Waals surface area contributed by atoms with Crippen LogP contribution in [0.15, 0.2) is 0 Å². The first-order valence-electron chi connectivity index (χ1n) is 5.85. The Morgan fingerprint density at radius 2 is 2.36 bits per heavy atom. The Kier molecular flexibility index (Phi) is 4.14. The Morgan fingerprint density at radius 1 is 1.43 bits per heavy atom. The maximum Gasteiger partial charge on any atom is 0.0191 e. The van der Waals surface area contributed by atoms with Crippen molar-refractivity contribution >= 4 is 11.8 Å². The lowest BCUT2D eigenvalue weighted by Crippen LogP contribution is -2.33. The first-order valence-corrected chi connectivity index (χ1v) is 7.00. The minimum Gasteiger partial charge on any atom is -0.316 e. The summed E-state index contributed by atoms with van der Waals surface area (Å²) < 4.78 is 0. The van der Waals surface area contributed by atoms with Gasteiger partial charge in [0.25, 0.3) is 0 Å². The SMILES string of the molecule is CN(CCC1CCNC1)C1CCSC1. The van der Waals surface area contributed by atoms with Gasteiger partial charge in [-0.15, -0.1) is 0 Å². The van der Waals surface area contributed by atoms with Crippen LogP contribution in [0.5, 0.6) is 0 Å². The number of nitrogens with zero attached hydrogens (tertiary/aromatic N) is 1. The molecule has 2 fully saturated rings. The highest BCUT2D eigenvalue weighted by Crippen LogP contribution is 2.22. The molecule has 2 atom stereocenters. The van der Waals surface area contributed by atoms with Crippen LogP contribution in [-0.2, 0) is 0 Å². The summed E-state index contributed by atoms with van der Waals surface area (Å²) in [4.78, 5) is 2.58. The number of nitrogens with one attached hydrogen (secondary N) is 1. The number of hydrogen-bond acceptors (Lipinski definition) is 3. The fourth-order valence-electron chi connectivity index (χ4n) is 2.40. The summed E-state index contributed by atoms with van der Waals surface area (Å²) in [6.07, 6.45) is 4.20. The molecule has 14 heavy (non-hydrogen) atoms. The molecule has 0 radical (unpaired) electrons. The topological polar surface area (TPSA) is 15.3 Å². The van der Waals surface area contributed by atoms with Crippen LogP contribution in [0, 0.1) is 5.92 Å². The average molecular weight is 214 g/mol. The molecule has 0 bridgehead atoms. The summed E-state index contributed by atoms with van der Waals surface area (Å²) >= 11 is 2.11. The highest BCUT2D eigenvalue weighted by atomic mass is 32.2. The molecule has 0 aromatic carbocycles. The zero-order valence-electron chi connectivity index (χ0n) is 9.17. The lowest BCUT2D eigenvalue weighted by molar-refractivity contribution is 0.244. The molecule has 2 aliphatic heterocycles. The van der Waals surface area contributed by atoms with Gasteiger partial charge in [0.2, 0.25) is 0 Å². The van der Waals surface area contributed by atoms with Crippen molar-refractivity contribution in [1.29, 1.82) is 0 Å². The van der Waals surface area contributed by atoms with Gasteiger partial charge in [-0.25, -0.2) is 0 Å². The summed E-state index contributed by atoms with van der Waals surface area (Å²) in [5.41, 5.74) is 0. The van der Waals surface area contributed by atoms with E-state index in [0.717, 1.165) is 12.0 Å². The molecule has 0 aromatic heterocycles. The summed E-state index contributed by atoms with van der Waals surface area (Å²) in [6.45, 7) is 3.80. The van der Waals surface area contributed by atoms with Gasteiger partial charge >= 0.3 is 0 Å². The molecule has 2 heterocycles. The molecule has 2 rings (SSSR count). The summed E-state index contributed by atoms with van der Waals surface area (Å²) in [5.74, 6) is 3.69. The molecule has 2 nitrogen and oxygen atoms in total. The molecular weight excluding hydrogens is 192 g/mol. The predicted molar refractivity (Wildman–Crippen MR) is 64.0 cm³/mol. The minimum absolute atomic E-state index is 0.870. The van der Waals surface area contributed by atoms with E-state index in [0.29, 0.717) is 0 Å². The van der Waals surface area contributed by atoms with Crippen molar-refractivity contribution in [2.75, 3.05) is 38.2 Å². The van der Waals surface area contributed by atoms with Crippen molar-refractivity contribution in [3.8, 4) is 0 Å². The van der Waals surface area contributed by atoms with Crippen LogP contribution in [0.3, 0.4) is 0 Å². The maximum atomic E-state index is 3.44. The van der Waals surface area contributed by atoms with Crippen molar-refractivity contribution in [3.05, 3.63) is 0 Å². The molecule has 0 amide bonds. The van der Waals surface area contributed by atoms with Gasteiger partial charge in [0.15, 0.2) is 0 Å². The van der Waals surface area contributed by atoms with E-state index in [4.69, 9.17) is 0 Å². The largest absolute Gasteiger partial charge is 0.316 e. The van der Waals surface area contributed by atoms with Crippen molar-refractivity contribution in [1.82, 2.24) is 10.2 Å². The number of thioether (sulfide) groups is 1. The molecule has 1 N–H and O–H groups in total. The fraction of sp³-hybridized carbons (Fsp3) is 1.00. The van der Waals surface area contributed by atoms with Crippen molar-refractivity contribution < 1.29 is 0 Å². The van der Waals surface area contributed by atoms with Crippen LogP contribution in [-0.4, -0.2) is 49.1 Å². The molecule has 82 valence electrons. The van der Waals surface area contributed by atoms with E-state index in [-0.39, 0.29) is 0 Å². The van der Waals surface area contributed by atoms with Crippen LogP contribution in [0.2, 0.25) is 0 Å². The third kappa shape index (κ3) is 2.88. The van der Waals surface area contributed by atoms with Gasteiger partial charge in [0.05, 0.1) is 0 Å². The quantitative estimate of drug-likeness (QED) is 0.762. The molecule has 0 spiro atoms. The first-order chi connectivity index (χ1) is 6.86. The van der Waals surface area contributed by atoms with Gasteiger partial charge < -0.3 is 10.2 Å². The lowest BCUT2D eigenvalue weighted by Gasteiger charge is -2.24. The predicted octanol–water partition coefficient (Wildman–Crippen LogP) is 1.42. The highest BCUT2D eigenvalue weighted by Gasteiger charge is 2.21. The highest BCUT2D eigenvalue weighted by molar-refractivity contribution is 7.99. The summed E-state index contributed by atoms with van der Waals surface area (Å²) in [7, 11) is 2.30. The third-order valence-electron chi connectivity index (χ3n) is 3.58. The van der Waals surface area contributed by atoms with E-state index < -0.39 is 0 Å². The van der Waals surface area contributed by atoms with Gasteiger partial charge in [-0.05, 0) is 57.6 Å². The van der Waals surface area contributed by atoms with E-state index in [1.54, 1.807) is 0 Å². The van der Waals surface area contributed by atoms with Crippen LogP contribution >= 0.6 is 11.8 Å². The van der Waals surface area contributed by atoms with Crippen LogP contribution in [0.1, 0.15) is 19.3 Å². The zero-order valence-corrected chi connectivity index (χ0v) is 9.98. The van der Waals surface area contributed by atoms with Crippen LogP contribution in [0.4, 0.5) is 0 Å². The molecule has 2 aliphatic rings. The van der Waals surface area contributed by atoms with Crippen LogP contribution < -0.4 is 5.32 Å². The Morgan fingerprint density at radius 3 is 3.00 bits per heavy atom. The minimum atomic E-state index is 0.870. The van der Waals surface area contributed by atoms with Crippen molar-refractivity contribution in [3.63, 3.8) is 0 Å². The second-order valence-corrected chi connectivity index (χ2v) is 5.80. The smallest absolute Gasteiger partial charge is 0.0191 e. The Labute approximate surface area is 91.8 Å². The molecule has 2 unspecified atom stereocenters. The van der Waals surface area contributed by atoms with E-state index in [1.165, 1.54) is 50.4 Å². The van der Waals surface area contributed by atoms with Crippen molar-refractivity contribution in [2.45, 2.75) is 25.3 Å². The van der Waals surface area contributed by atoms with Gasteiger partial charge in [-0.1, -0.05) is 0 Å². The van der Waals surface area contributed by atoms with E-state index in [1.807, 2.05) is 0 Å². The third-order valence-corrected chi connectivity index (χ3v) is 4.73. The van der Waals surface area contributed by atoms with Gasteiger partial charge in [0, 0.05) is 11.8 Å². The Balaban J connectivity index is 1.63. The van der Waals surface area contributed by atoms with E-state index >= 15 is 0 Å². The first kappa shape index (κ1) is 10.8. The van der Waals surface area contributed by atoms with Crippen LogP contribution in [0.25, 0.3) is 0 Å². The molecule has 3 heteroatoms. The normalized spacial score (nSPS) is 33.0. The van der Waals surface area contributed by atoms with E-state index in [2.05, 4.69) is 29.0 Å². The Bertz CT molecular complexity index is 163. The number of hydrogen-bond donors (Lipinski definition) is 1. The monoisotopic (exact) mass is 214 g/mol. The average Bonchev–Trinajstić information content (AvgIpc) is 2.87. The molecular formula is C11H22N2S. The van der Waals surface area contributed by atoms with Gasteiger partial charge in [-0.2, -0.15) is 11.8 Å².